The van der Waals surface area contributed by atoms with Crippen molar-refractivity contribution < 1.29 is 9.53 Å². The topological polar surface area (TPSA) is 107 Å². The fourth-order valence-electron chi connectivity index (χ4n) is 4.09. The Labute approximate surface area is 191 Å². The number of hydrogen-bond acceptors (Lipinski definition) is 7. The molecule has 1 N–H and O–H groups in total. The van der Waals surface area contributed by atoms with E-state index in [0.29, 0.717) is 49.8 Å². The molecule has 0 spiro atoms. The van der Waals surface area contributed by atoms with Crippen molar-refractivity contribution in [2.75, 3.05) is 43.1 Å². The molecule has 0 bridgehead atoms. The van der Waals surface area contributed by atoms with E-state index in [4.69, 9.17) is 20.0 Å². The predicted octanol–water partition coefficient (Wildman–Crippen LogP) is 2.84. The molecular weight excluding hydrogens is 418 g/mol. The number of anilines is 2. The molecule has 0 aliphatic carbocycles. The Hall–Kier alpha value is -4.03. The molecule has 9 nitrogen and oxygen atoms in total. The molecule has 33 heavy (non-hydrogen) atoms. The van der Waals surface area contributed by atoms with E-state index < -0.39 is 0 Å². The molecule has 5 rings (SSSR count). The molecule has 1 fully saturated rings. The normalized spacial score (nSPS) is 15.5. The Bertz CT molecular complexity index is 1200. The summed E-state index contributed by atoms with van der Waals surface area (Å²) in [5, 5.41) is 12.0. The summed E-state index contributed by atoms with van der Waals surface area (Å²) in [4.78, 5) is 31.1. The molecule has 0 radical (unpaired) electrons. The molecule has 166 valence electrons. The molecule has 2 aliphatic heterocycles. The highest BCUT2D eigenvalue weighted by Gasteiger charge is 2.29. The summed E-state index contributed by atoms with van der Waals surface area (Å²) < 4.78 is 5.53. The molecular formula is C24H23N7O2. The number of hydrogen-bond donors (Lipinski definition) is 1. The van der Waals surface area contributed by atoms with E-state index >= 15 is 0 Å². The molecule has 0 saturated carbocycles. The number of aromatic nitrogens is 3. The summed E-state index contributed by atoms with van der Waals surface area (Å²) in [5.74, 6) is 1.44. The van der Waals surface area contributed by atoms with Gasteiger partial charge in [-0.25, -0.2) is 14.8 Å². The molecule has 0 unspecified atom stereocenters. The van der Waals surface area contributed by atoms with Crippen LogP contribution in [0.2, 0.25) is 0 Å². The van der Waals surface area contributed by atoms with Crippen molar-refractivity contribution in [1.29, 1.82) is 5.26 Å². The minimum absolute atomic E-state index is 0.211. The average Bonchev–Trinajstić information content (AvgIpc) is 2.89. The third-order valence-electron chi connectivity index (χ3n) is 5.77. The molecule has 1 aromatic carbocycles. The molecule has 2 amide bonds. The second kappa shape index (κ2) is 9.22. The third-order valence-corrected chi connectivity index (χ3v) is 5.77. The van der Waals surface area contributed by atoms with E-state index in [1.54, 1.807) is 35.4 Å². The minimum atomic E-state index is -0.211. The number of pyridine rings is 1. The van der Waals surface area contributed by atoms with Gasteiger partial charge in [-0.2, -0.15) is 5.26 Å². The van der Waals surface area contributed by atoms with Crippen LogP contribution in [0.4, 0.5) is 16.3 Å². The first-order chi connectivity index (χ1) is 16.2. The van der Waals surface area contributed by atoms with Crippen LogP contribution in [-0.2, 0) is 17.7 Å². The number of ether oxygens (including phenoxy) is 1. The maximum absolute atomic E-state index is 13.0. The molecule has 2 aromatic heterocycles. The number of benzene rings is 1. The van der Waals surface area contributed by atoms with Crippen LogP contribution in [0.3, 0.4) is 0 Å². The lowest BCUT2D eigenvalue weighted by Crippen LogP contribution is -2.42. The molecule has 0 atom stereocenters. The van der Waals surface area contributed by atoms with Gasteiger partial charge in [-0.3, -0.25) is 4.98 Å². The summed E-state index contributed by atoms with van der Waals surface area (Å²) in [6.45, 7) is 3.69. The number of nitriles is 1. The molecule has 4 heterocycles. The first kappa shape index (κ1) is 20.8. The quantitative estimate of drug-likeness (QED) is 0.666. The number of nitrogens with zero attached hydrogens (tertiary/aromatic N) is 6. The van der Waals surface area contributed by atoms with E-state index in [0.717, 1.165) is 35.9 Å². The predicted molar refractivity (Wildman–Crippen MR) is 123 cm³/mol. The van der Waals surface area contributed by atoms with E-state index in [1.807, 2.05) is 18.2 Å². The van der Waals surface area contributed by atoms with Crippen LogP contribution in [0, 0.1) is 11.3 Å². The molecule has 3 aromatic rings. The van der Waals surface area contributed by atoms with Gasteiger partial charge in [0.05, 0.1) is 37.1 Å². The summed E-state index contributed by atoms with van der Waals surface area (Å²) in [6.07, 6.45) is 2.36. The van der Waals surface area contributed by atoms with Crippen LogP contribution in [0.5, 0.6) is 0 Å². The molecule has 9 heteroatoms. The number of fused-ring (bicyclic) bond motifs is 1. The zero-order valence-corrected chi connectivity index (χ0v) is 18.1. The maximum atomic E-state index is 13.0. The van der Waals surface area contributed by atoms with Crippen molar-refractivity contribution >= 4 is 17.5 Å². The zero-order valence-electron chi connectivity index (χ0n) is 18.1. The average molecular weight is 441 g/mol. The van der Waals surface area contributed by atoms with Crippen LogP contribution in [-0.4, -0.2) is 58.7 Å². The van der Waals surface area contributed by atoms with Gasteiger partial charge in [0.25, 0.3) is 0 Å². The van der Waals surface area contributed by atoms with Crippen LogP contribution in [0.1, 0.15) is 16.8 Å². The van der Waals surface area contributed by atoms with Crippen molar-refractivity contribution in [3.05, 3.63) is 65.5 Å². The van der Waals surface area contributed by atoms with Gasteiger partial charge in [-0.1, -0.05) is 12.1 Å². The van der Waals surface area contributed by atoms with Gasteiger partial charge in [0, 0.05) is 43.5 Å². The van der Waals surface area contributed by atoms with Crippen LogP contribution < -0.4 is 10.2 Å². The first-order valence-electron chi connectivity index (χ1n) is 10.9. The summed E-state index contributed by atoms with van der Waals surface area (Å²) in [5.41, 5.74) is 3.74. The van der Waals surface area contributed by atoms with Gasteiger partial charge in [-0.15, -0.1) is 0 Å². The lowest BCUT2D eigenvalue weighted by molar-refractivity contribution is 0.122. The highest BCUT2D eigenvalue weighted by atomic mass is 16.5. The Morgan fingerprint density at radius 2 is 1.97 bits per heavy atom. The Morgan fingerprint density at radius 3 is 2.76 bits per heavy atom. The van der Waals surface area contributed by atoms with Gasteiger partial charge in [-0.05, 0) is 30.3 Å². The first-order valence-corrected chi connectivity index (χ1v) is 10.9. The fraction of sp³-hybridized carbons (Fsp3) is 0.292. The Kier molecular flexibility index (Phi) is 5.83. The van der Waals surface area contributed by atoms with Crippen molar-refractivity contribution in [2.45, 2.75) is 13.0 Å². The van der Waals surface area contributed by atoms with Crippen LogP contribution >= 0.6 is 0 Å². The van der Waals surface area contributed by atoms with Crippen LogP contribution in [0.15, 0.2) is 48.7 Å². The van der Waals surface area contributed by atoms with Gasteiger partial charge < -0.3 is 19.9 Å². The zero-order chi connectivity index (χ0) is 22.6. The van der Waals surface area contributed by atoms with Gasteiger partial charge in [0.15, 0.2) is 5.82 Å². The van der Waals surface area contributed by atoms with Gasteiger partial charge in [0.2, 0.25) is 0 Å². The van der Waals surface area contributed by atoms with Crippen molar-refractivity contribution in [1.82, 2.24) is 19.9 Å². The van der Waals surface area contributed by atoms with Gasteiger partial charge >= 0.3 is 6.03 Å². The molecule has 2 aliphatic rings. The second-order valence-corrected chi connectivity index (χ2v) is 7.90. The van der Waals surface area contributed by atoms with E-state index in [9.17, 15) is 4.79 Å². The van der Waals surface area contributed by atoms with E-state index in [2.05, 4.69) is 21.3 Å². The number of nitrogens with one attached hydrogen (secondary N) is 1. The van der Waals surface area contributed by atoms with E-state index in [1.165, 1.54) is 0 Å². The number of urea groups is 1. The SMILES string of the molecule is N#Cc1cccc(NC(=O)N2CCc3nc(-c4ccccn4)nc(N4CCOCC4)c3C2)c1. The van der Waals surface area contributed by atoms with E-state index in [-0.39, 0.29) is 6.03 Å². The summed E-state index contributed by atoms with van der Waals surface area (Å²) >= 11 is 0. The van der Waals surface area contributed by atoms with Crippen molar-refractivity contribution in [2.24, 2.45) is 0 Å². The molecule has 1 saturated heterocycles. The monoisotopic (exact) mass is 441 g/mol. The van der Waals surface area contributed by atoms with Crippen molar-refractivity contribution in [3.8, 4) is 17.6 Å². The maximum Gasteiger partial charge on any atom is 0.322 e. The number of carbonyl (C=O) groups excluding carboxylic acids is 1. The number of rotatable bonds is 3. The third kappa shape index (κ3) is 4.47. The second-order valence-electron chi connectivity index (χ2n) is 7.90. The minimum Gasteiger partial charge on any atom is -0.378 e. The highest BCUT2D eigenvalue weighted by molar-refractivity contribution is 5.89. The van der Waals surface area contributed by atoms with Crippen LogP contribution in [0.25, 0.3) is 11.5 Å². The number of morpholine rings is 1. The highest BCUT2D eigenvalue weighted by Crippen LogP contribution is 2.30. The summed E-state index contributed by atoms with van der Waals surface area (Å²) in [6, 6.07) is 14.5. The number of carbonyl (C=O) groups is 1. The standard InChI is InChI=1S/C24H23N7O2/c25-15-17-4-3-5-18(14-17)27-24(32)31-9-7-20-19(16-31)23(30-10-12-33-13-11-30)29-22(28-20)21-6-1-2-8-26-21/h1-6,8,14H,7,9-13,16H2,(H,27,32). The van der Waals surface area contributed by atoms with Crippen molar-refractivity contribution in [3.63, 3.8) is 0 Å². The summed E-state index contributed by atoms with van der Waals surface area (Å²) in [7, 11) is 0. The lowest BCUT2D eigenvalue weighted by atomic mass is 10.1. The lowest BCUT2D eigenvalue weighted by Gasteiger charge is -2.34. The fourth-order valence-corrected chi connectivity index (χ4v) is 4.09. The largest absolute Gasteiger partial charge is 0.378 e. The number of amides is 2. The Morgan fingerprint density at radius 1 is 1.09 bits per heavy atom. The Balaban J connectivity index is 1.44. The van der Waals surface area contributed by atoms with Gasteiger partial charge in [0.1, 0.15) is 11.5 Å². The smallest absolute Gasteiger partial charge is 0.322 e.